The Kier molecular flexibility index (Phi) is 10.6. The third-order valence-electron chi connectivity index (χ3n) is 9.19. The number of halogens is 4. The van der Waals surface area contributed by atoms with Crippen LogP contribution in [0.5, 0.6) is 11.5 Å². The highest BCUT2D eigenvalue weighted by molar-refractivity contribution is 7.89. The van der Waals surface area contributed by atoms with Gasteiger partial charge in [-0.25, -0.2) is 27.5 Å². The zero-order valence-electron chi connectivity index (χ0n) is 27.2. The molecule has 1 spiro atoms. The van der Waals surface area contributed by atoms with E-state index < -0.39 is 46.3 Å². The molecule has 0 radical (unpaired) electrons. The van der Waals surface area contributed by atoms with Crippen molar-refractivity contribution in [2.45, 2.75) is 70.5 Å². The van der Waals surface area contributed by atoms with E-state index in [9.17, 15) is 35.9 Å². The number of ether oxygens (including phenoxy) is 2. The van der Waals surface area contributed by atoms with Crippen molar-refractivity contribution in [1.82, 2.24) is 24.5 Å². The molecule has 3 aliphatic rings. The summed E-state index contributed by atoms with van der Waals surface area (Å²) in [6.07, 6.45) is 0.578. The second-order valence-electron chi connectivity index (χ2n) is 13.2. The molecule has 4 heterocycles. The maximum atomic E-state index is 14.3. The highest BCUT2D eigenvalue weighted by atomic mass is 32.2. The third-order valence-corrected chi connectivity index (χ3v) is 10.6. The van der Waals surface area contributed by atoms with Gasteiger partial charge in [-0.3, -0.25) is 9.69 Å². The fourth-order valence-electron chi connectivity index (χ4n) is 6.46. The van der Waals surface area contributed by atoms with Crippen molar-refractivity contribution in [2.24, 2.45) is 5.41 Å². The number of hydrogen-bond donors (Lipinski definition) is 2. The van der Waals surface area contributed by atoms with Crippen molar-refractivity contribution >= 4 is 21.7 Å². The Bertz CT molecular complexity index is 1550. The topological polar surface area (TPSA) is 137 Å². The van der Waals surface area contributed by atoms with Crippen LogP contribution in [0.1, 0.15) is 56.8 Å². The molecule has 12 nitrogen and oxygen atoms in total. The number of amides is 1. The van der Waals surface area contributed by atoms with E-state index in [0.717, 1.165) is 38.1 Å². The van der Waals surface area contributed by atoms with Crippen molar-refractivity contribution in [3.05, 3.63) is 42.1 Å². The van der Waals surface area contributed by atoms with Crippen LogP contribution in [0.25, 0.3) is 0 Å². The van der Waals surface area contributed by atoms with Crippen LogP contribution in [0.3, 0.4) is 0 Å². The highest BCUT2D eigenvalue weighted by Crippen LogP contribution is 2.45. The number of β-amino-alcohol motifs (C(OH)–C–C–N with tert-alkyl or cyclic N) is 1. The number of nitrogens with zero attached hydrogens (tertiary/aromatic N) is 5. The molecule has 1 aromatic carbocycles. The SMILES string of the molecule is CCS(=O)(=O)N[C@@H]1CC[C@](O)(CN2CCC3(CC2)CN(c2ncncc2Oc2ccc(F)cc2C(=O)N(CC(F)(F)F)C(C)C)C3)OC1. The summed E-state index contributed by atoms with van der Waals surface area (Å²) < 4.78 is 92.1. The Balaban J connectivity index is 1.19. The summed E-state index contributed by atoms with van der Waals surface area (Å²) in [6.45, 7) is 6.12. The molecular weight excluding hydrogens is 660 g/mol. The quantitative estimate of drug-likeness (QED) is 0.335. The van der Waals surface area contributed by atoms with Crippen LogP contribution in [0.4, 0.5) is 23.4 Å². The Morgan fingerprint density at radius 1 is 1.21 bits per heavy atom. The van der Waals surface area contributed by atoms with Crippen molar-refractivity contribution in [1.29, 1.82) is 0 Å². The lowest BCUT2D eigenvalue weighted by atomic mass is 9.72. The molecule has 5 rings (SSSR count). The molecule has 3 aliphatic heterocycles. The molecule has 48 heavy (non-hydrogen) atoms. The lowest BCUT2D eigenvalue weighted by molar-refractivity contribution is -0.239. The number of sulfonamides is 1. The lowest BCUT2D eigenvalue weighted by Gasteiger charge is -2.55. The standard InChI is InChI=1S/C31H42F4N6O6S/c1-4-48(44,45)38-23-7-8-30(43,46-15-23)18-39-11-9-29(10-12-39)16-40(17-29)27-26(14-36-20-37-27)47-25-6-5-22(32)13-24(25)28(42)41(21(2)3)19-31(33,34)35/h5-6,13-14,20-21,23,38,43H,4,7-12,15-19H2,1-3H3/t23-,30-/m1/s1. The molecule has 266 valence electrons. The van der Waals surface area contributed by atoms with Gasteiger partial charge in [0.15, 0.2) is 17.4 Å². The van der Waals surface area contributed by atoms with Crippen LogP contribution in [-0.4, -0.2) is 115 Å². The predicted molar refractivity (Wildman–Crippen MR) is 168 cm³/mol. The van der Waals surface area contributed by atoms with Gasteiger partial charge in [-0.2, -0.15) is 13.2 Å². The van der Waals surface area contributed by atoms with E-state index in [1.54, 1.807) is 6.92 Å². The maximum Gasteiger partial charge on any atom is 0.406 e. The van der Waals surface area contributed by atoms with Gasteiger partial charge in [-0.05, 0) is 71.3 Å². The summed E-state index contributed by atoms with van der Waals surface area (Å²) in [5, 5.41) is 11.0. The van der Waals surface area contributed by atoms with Crippen molar-refractivity contribution in [3.63, 3.8) is 0 Å². The summed E-state index contributed by atoms with van der Waals surface area (Å²) in [6, 6.07) is 1.95. The fraction of sp³-hybridized carbons (Fsp3) is 0.645. The number of hydrogen-bond acceptors (Lipinski definition) is 10. The summed E-state index contributed by atoms with van der Waals surface area (Å²) >= 11 is 0. The van der Waals surface area contributed by atoms with E-state index in [1.165, 1.54) is 32.4 Å². The van der Waals surface area contributed by atoms with E-state index in [1.807, 2.05) is 4.90 Å². The Labute approximate surface area is 277 Å². The Morgan fingerprint density at radius 3 is 2.52 bits per heavy atom. The average Bonchev–Trinajstić information content (AvgIpc) is 3.01. The van der Waals surface area contributed by atoms with Crippen LogP contribution in [-0.2, 0) is 14.8 Å². The molecule has 0 bridgehead atoms. The van der Waals surface area contributed by atoms with Crippen molar-refractivity contribution < 1.29 is 45.4 Å². The summed E-state index contributed by atoms with van der Waals surface area (Å²) in [4.78, 5) is 26.4. The lowest BCUT2D eigenvalue weighted by Crippen LogP contribution is -2.62. The molecule has 17 heteroatoms. The fourth-order valence-corrected chi connectivity index (χ4v) is 7.32. The van der Waals surface area contributed by atoms with E-state index in [0.29, 0.717) is 43.2 Å². The van der Waals surface area contributed by atoms with E-state index in [-0.39, 0.29) is 40.9 Å². The van der Waals surface area contributed by atoms with Gasteiger partial charge in [0.1, 0.15) is 24.4 Å². The number of piperidine rings is 1. The third kappa shape index (κ3) is 8.72. The minimum atomic E-state index is -4.65. The highest BCUT2D eigenvalue weighted by Gasteiger charge is 2.47. The molecule has 3 saturated heterocycles. The van der Waals surface area contributed by atoms with Gasteiger partial charge in [0.25, 0.3) is 5.91 Å². The van der Waals surface area contributed by atoms with Crippen LogP contribution >= 0.6 is 0 Å². The van der Waals surface area contributed by atoms with E-state index >= 15 is 0 Å². The van der Waals surface area contributed by atoms with Gasteiger partial charge < -0.3 is 24.4 Å². The second-order valence-corrected chi connectivity index (χ2v) is 15.3. The molecule has 1 amide bonds. The van der Waals surface area contributed by atoms with Gasteiger partial charge in [0, 0.05) is 37.0 Å². The number of likely N-dealkylation sites (tertiary alicyclic amines) is 1. The molecular formula is C31H42F4N6O6S. The molecule has 2 aromatic rings. The number of rotatable bonds is 11. The molecule has 0 unspecified atom stereocenters. The van der Waals surface area contributed by atoms with Crippen LogP contribution in [0.15, 0.2) is 30.7 Å². The number of carbonyl (C=O) groups is 1. The molecule has 2 N–H and O–H groups in total. The van der Waals surface area contributed by atoms with Gasteiger partial charge in [0.05, 0.1) is 30.7 Å². The minimum absolute atomic E-state index is 0.00927. The molecule has 0 aliphatic carbocycles. The Hall–Kier alpha value is -3.12. The predicted octanol–water partition coefficient (Wildman–Crippen LogP) is 3.53. The number of anilines is 1. The van der Waals surface area contributed by atoms with E-state index in [4.69, 9.17) is 9.47 Å². The first-order valence-electron chi connectivity index (χ1n) is 16.0. The first-order valence-corrected chi connectivity index (χ1v) is 17.6. The normalized spacial score (nSPS) is 23.3. The minimum Gasteiger partial charge on any atom is -0.451 e. The summed E-state index contributed by atoms with van der Waals surface area (Å²) in [7, 11) is -3.36. The first-order chi connectivity index (χ1) is 22.5. The number of aliphatic hydroxyl groups is 1. The summed E-state index contributed by atoms with van der Waals surface area (Å²) in [5.41, 5.74) is -0.360. The smallest absolute Gasteiger partial charge is 0.406 e. The second kappa shape index (κ2) is 14.0. The number of benzene rings is 1. The number of carbonyl (C=O) groups excluding carboxylic acids is 1. The van der Waals surface area contributed by atoms with Crippen LogP contribution in [0.2, 0.25) is 0 Å². The maximum absolute atomic E-state index is 14.3. The van der Waals surface area contributed by atoms with Crippen LogP contribution < -0.4 is 14.4 Å². The number of aromatic nitrogens is 2. The van der Waals surface area contributed by atoms with Crippen molar-refractivity contribution in [2.75, 3.05) is 56.5 Å². The molecule has 3 fully saturated rings. The average molecular weight is 703 g/mol. The molecule has 2 atom stereocenters. The summed E-state index contributed by atoms with van der Waals surface area (Å²) in [5.74, 6) is -2.69. The zero-order valence-corrected chi connectivity index (χ0v) is 28.0. The molecule has 1 aromatic heterocycles. The number of nitrogens with one attached hydrogen (secondary N) is 1. The van der Waals surface area contributed by atoms with E-state index in [2.05, 4.69) is 19.6 Å². The largest absolute Gasteiger partial charge is 0.451 e. The van der Waals surface area contributed by atoms with Crippen LogP contribution in [0, 0.1) is 11.2 Å². The number of alkyl halides is 3. The van der Waals surface area contributed by atoms with Gasteiger partial charge in [-0.15, -0.1) is 0 Å². The van der Waals surface area contributed by atoms with Gasteiger partial charge >= 0.3 is 6.18 Å². The zero-order chi connectivity index (χ0) is 34.9. The van der Waals surface area contributed by atoms with Gasteiger partial charge in [0.2, 0.25) is 10.0 Å². The molecule has 0 saturated carbocycles. The van der Waals surface area contributed by atoms with Gasteiger partial charge in [-0.1, -0.05) is 0 Å². The first kappa shape index (κ1) is 36.2. The monoisotopic (exact) mass is 702 g/mol. The van der Waals surface area contributed by atoms with Crippen molar-refractivity contribution in [3.8, 4) is 11.5 Å². The Morgan fingerprint density at radius 2 is 1.92 bits per heavy atom.